The third-order valence-electron chi connectivity index (χ3n) is 2.31. The fourth-order valence-electron chi connectivity index (χ4n) is 1.25. The van der Waals surface area contributed by atoms with Gasteiger partial charge in [-0.05, 0) is 6.92 Å². The zero-order valence-corrected chi connectivity index (χ0v) is 9.51. The molecule has 1 heterocycles. The third-order valence-corrected chi connectivity index (χ3v) is 2.31. The van der Waals surface area contributed by atoms with Gasteiger partial charge in [0.15, 0.2) is 5.78 Å². The number of aromatic amines is 1. The predicted octanol–water partition coefficient (Wildman–Crippen LogP) is -1.09. The zero-order chi connectivity index (χ0) is 12.8. The van der Waals surface area contributed by atoms with Crippen molar-refractivity contribution in [3.05, 3.63) is 18.2 Å². The van der Waals surface area contributed by atoms with E-state index in [9.17, 15) is 9.59 Å². The highest BCUT2D eigenvalue weighted by Crippen LogP contribution is 1.98. The van der Waals surface area contributed by atoms with Gasteiger partial charge in [-0.15, -0.1) is 0 Å². The molecular formula is C10H16N4O3. The number of imidazole rings is 1. The van der Waals surface area contributed by atoms with Gasteiger partial charge in [0.2, 0.25) is 0 Å². The molecule has 0 amide bonds. The van der Waals surface area contributed by atoms with Crippen LogP contribution in [0.1, 0.15) is 12.6 Å². The Balaban J connectivity index is 2.50. The van der Waals surface area contributed by atoms with Crippen LogP contribution in [0.2, 0.25) is 0 Å². The fraction of sp³-hybridized carbons (Fsp3) is 0.500. The monoisotopic (exact) mass is 240 g/mol. The first-order valence-electron chi connectivity index (χ1n) is 5.22. The zero-order valence-electron chi connectivity index (χ0n) is 9.51. The Morgan fingerprint density at radius 3 is 2.82 bits per heavy atom. The van der Waals surface area contributed by atoms with Crippen molar-refractivity contribution in [2.75, 3.05) is 6.54 Å². The topological polar surface area (TPSA) is 121 Å². The summed E-state index contributed by atoms with van der Waals surface area (Å²) in [5.41, 5.74) is 6.07. The number of carbonyl (C=O) groups excluding carboxylic acids is 1. The van der Waals surface area contributed by atoms with Gasteiger partial charge in [0.25, 0.3) is 0 Å². The number of rotatable bonds is 7. The molecule has 0 saturated heterocycles. The number of carboxylic acid groups (broad SMARTS) is 1. The maximum Gasteiger partial charge on any atom is 0.321 e. The molecule has 0 radical (unpaired) electrons. The van der Waals surface area contributed by atoms with Crippen molar-refractivity contribution in [3.63, 3.8) is 0 Å². The number of nitrogens with zero attached hydrogens (tertiary/aromatic N) is 1. The summed E-state index contributed by atoms with van der Waals surface area (Å²) < 4.78 is 0. The first-order valence-corrected chi connectivity index (χ1v) is 5.22. The molecule has 0 aliphatic rings. The van der Waals surface area contributed by atoms with E-state index in [1.807, 2.05) is 0 Å². The highest BCUT2D eigenvalue weighted by molar-refractivity contribution is 5.86. The summed E-state index contributed by atoms with van der Waals surface area (Å²) in [4.78, 5) is 28.8. The number of aromatic nitrogens is 2. The minimum absolute atomic E-state index is 0.0528. The number of ketones is 1. The van der Waals surface area contributed by atoms with Crippen LogP contribution in [0.25, 0.3) is 0 Å². The second-order valence-corrected chi connectivity index (χ2v) is 3.81. The molecular weight excluding hydrogens is 224 g/mol. The lowest BCUT2D eigenvalue weighted by atomic mass is 10.1. The van der Waals surface area contributed by atoms with E-state index in [0.717, 1.165) is 0 Å². The fourth-order valence-corrected chi connectivity index (χ4v) is 1.25. The first-order chi connectivity index (χ1) is 8.00. The number of carbonyl (C=O) groups is 2. The molecule has 7 nitrogen and oxygen atoms in total. The lowest BCUT2D eigenvalue weighted by Crippen LogP contribution is -2.44. The predicted molar refractivity (Wildman–Crippen MR) is 60.4 cm³/mol. The highest BCUT2D eigenvalue weighted by Gasteiger charge is 2.19. The van der Waals surface area contributed by atoms with Crippen molar-refractivity contribution in [2.45, 2.75) is 25.4 Å². The lowest BCUT2D eigenvalue weighted by molar-refractivity contribution is -0.139. The molecule has 0 spiro atoms. The van der Waals surface area contributed by atoms with Gasteiger partial charge in [-0.1, -0.05) is 0 Å². The number of hydrogen-bond donors (Lipinski definition) is 4. The van der Waals surface area contributed by atoms with Crippen LogP contribution in [0.15, 0.2) is 12.5 Å². The van der Waals surface area contributed by atoms with E-state index < -0.39 is 18.1 Å². The maximum atomic E-state index is 11.3. The van der Waals surface area contributed by atoms with Crippen LogP contribution in [-0.2, 0) is 16.0 Å². The van der Waals surface area contributed by atoms with E-state index in [0.29, 0.717) is 5.69 Å². The number of nitrogens with one attached hydrogen (secondary N) is 2. The molecule has 94 valence electrons. The van der Waals surface area contributed by atoms with E-state index in [1.165, 1.54) is 6.33 Å². The number of nitrogens with two attached hydrogens (primary N) is 1. The average Bonchev–Trinajstić information content (AvgIpc) is 2.75. The molecule has 0 bridgehead atoms. The third kappa shape index (κ3) is 4.33. The summed E-state index contributed by atoms with van der Waals surface area (Å²) in [6.07, 6.45) is 3.26. The quantitative estimate of drug-likeness (QED) is 0.480. The van der Waals surface area contributed by atoms with Crippen LogP contribution >= 0.6 is 0 Å². The Hall–Kier alpha value is -1.73. The summed E-state index contributed by atoms with van der Waals surface area (Å²) in [5.74, 6) is -1.24. The van der Waals surface area contributed by atoms with Crippen LogP contribution in [0, 0.1) is 0 Å². The van der Waals surface area contributed by atoms with E-state index in [-0.39, 0.29) is 18.7 Å². The van der Waals surface area contributed by atoms with Gasteiger partial charge in [0.05, 0.1) is 18.9 Å². The van der Waals surface area contributed by atoms with E-state index in [1.54, 1.807) is 13.1 Å². The van der Waals surface area contributed by atoms with E-state index in [2.05, 4.69) is 15.3 Å². The van der Waals surface area contributed by atoms with Crippen molar-refractivity contribution in [1.29, 1.82) is 0 Å². The van der Waals surface area contributed by atoms with Crippen LogP contribution in [0.4, 0.5) is 0 Å². The summed E-state index contributed by atoms with van der Waals surface area (Å²) in [6, 6.07) is -1.43. The normalized spacial score (nSPS) is 14.2. The van der Waals surface area contributed by atoms with Crippen LogP contribution < -0.4 is 11.1 Å². The summed E-state index contributed by atoms with van der Waals surface area (Å²) in [5, 5.41) is 11.6. The second-order valence-electron chi connectivity index (χ2n) is 3.81. The number of hydrogen-bond acceptors (Lipinski definition) is 5. The molecule has 1 aromatic rings. The Labute approximate surface area is 98.4 Å². The molecule has 1 rings (SSSR count). The highest BCUT2D eigenvalue weighted by atomic mass is 16.4. The minimum Gasteiger partial charge on any atom is -0.480 e. The first kappa shape index (κ1) is 13.3. The van der Waals surface area contributed by atoms with Crippen molar-refractivity contribution in [1.82, 2.24) is 15.3 Å². The average molecular weight is 240 g/mol. The molecule has 0 aliphatic carbocycles. The van der Waals surface area contributed by atoms with Gasteiger partial charge in [-0.2, -0.15) is 0 Å². The molecule has 1 aromatic heterocycles. The smallest absolute Gasteiger partial charge is 0.321 e. The van der Waals surface area contributed by atoms with Crippen molar-refractivity contribution < 1.29 is 14.7 Å². The van der Waals surface area contributed by atoms with E-state index in [4.69, 9.17) is 10.8 Å². The number of carboxylic acids is 1. The summed E-state index contributed by atoms with van der Waals surface area (Å²) >= 11 is 0. The summed E-state index contributed by atoms with van der Waals surface area (Å²) in [7, 11) is 0. The minimum atomic E-state index is -1.02. The van der Waals surface area contributed by atoms with Gasteiger partial charge in [0.1, 0.15) is 6.04 Å². The molecule has 17 heavy (non-hydrogen) atoms. The molecule has 0 saturated carbocycles. The number of H-pyrrole nitrogens is 1. The molecule has 7 heteroatoms. The lowest BCUT2D eigenvalue weighted by Gasteiger charge is -2.13. The van der Waals surface area contributed by atoms with Gasteiger partial charge < -0.3 is 15.8 Å². The maximum absolute atomic E-state index is 11.3. The Morgan fingerprint density at radius 2 is 2.35 bits per heavy atom. The second kappa shape index (κ2) is 6.12. The molecule has 0 aromatic carbocycles. The molecule has 0 fully saturated rings. The summed E-state index contributed by atoms with van der Waals surface area (Å²) in [6.45, 7) is 1.51. The number of aliphatic carboxylic acids is 1. The molecule has 2 atom stereocenters. The Morgan fingerprint density at radius 1 is 1.65 bits per heavy atom. The molecule has 0 aliphatic heterocycles. The van der Waals surface area contributed by atoms with Crippen molar-refractivity contribution in [2.24, 2.45) is 5.73 Å². The Kier molecular flexibility index (Phi) is 4.80. The van der Waals surface area contributed by atoms with Gasteiger partial charge in [0, 0.05) is 18.3 Å². The largest absolute Gasteiger partial charge is 0.480 e. The van der Waals surface area contributed by atoms with E-state index >= 15 is 0 Å². The number of Topliss-reactive ketones (excluding diaryl/α,β-unsaturated/α-hetero) is 1. The van der Waals surface area contributed by atoms with Gasteiger partial charge in [-0.25, -0.2) is 4.98 Å². The Bertz CT molecular complexity index is 375. The van der Waals surface area contributed by atoms with Gasteiger partial charge in [-0.3, -0.25) is 14.9 Å². The van der Waals surface area contributed by atoms with Crippen molar-refractivity contribution in [3.8, 4) is 0 Å². The molecule has 5 N–H and O–H groups in total. The standard InChI is InChI=1S/C10H16N4O3/c1-6(11)9(15)4-13-8(10(16)17)2-7-3-12-5-14-7/h3,5-6,8,13H,2,4,11H2,1H3,(H,12,14)(H,16,17)/t6-,8-/m0/s1. The van der Waals surface area contributed by atoms with Gasteiger partial charge >= 0.3 is 5.97 Å². The van der Waals surface area contributed by atoms with Crippen LogP contribution in [-0.4, -0.2) is 45.5 Å². The molecule has 0 unspecified atom stereocenters. The SMILES string of the molecule is C[C@H](N)C(=O)CN[C@@H](Cc1cnc[nH]1)C(=O)O. The van der Waals surface area contributed by atoms with Crippen molar-refractivity contribution >= 4 is 11.8 Å². The van der Waals surface area contributed by atoms with Crippen LogP contribution in [0.5, 0.6) is 0 Å². The van der Waals surface area contributed by atoms with Crippen LogP contribution in [0.3, 0.4) is 0 Å².